The summed E-state index contributed by atoms with van der Waals surface area (Å²) in [6.07, 6.45) is 1.12. The second-order valence-electron chi connectivity index (χ2n) is 6.14. The Morgan fingerprint density at radius 1 is 1.04 bits per heavy atom. The molecule has 0 spiro atoms. The summed E-state index contributed by atoms with van der Waals surface area (Å²) >= 11 is 1.53. The predicted molar refractivity (Wildman–Crippen MR) is 93.5 cm³/mol. The molecule has 4 rings (SSSR count). The molecule has 2 unspecified atom stereocenters. The van der Waals surface area contributed by atoms with Gasteiger partial charge in [-0.3, -0.25) is 0 Å². The molecule has 2 aromatic carbocycles. The van der Waals surface area contributed by atoms with E-state index in [9.17, 15) is 4.39 Å². The third kappa shape index (κ3) is 2.96. The van der Waals surface area contributed by atoms with Gasteiger partial charge in [0.05, 0.1) is 0 Å². The molecular formula is C19H18FN3S. The van der Waals surface area contributed by atoms with Gasteiger partial charge in [0, 0.05) is 18.7 Å². The molecular weight excluding hydrogens is 321 g/mol. The van der Waals surface area contributed by atoms with Crippen LogP contribution in [0.4, 0.5) is 4.39 Å². The van der Waals surface area contributed by atoms with E-state index in [-0.39, 0.29) is 5.82 Å². The fourth-order valence-corrected chi connectivity index (χ4v) is 3.99. The molecule has 1 aliphatic carbocycles. The molecule has 1 heterocycles. The summed E-state index contributed by atoms with van der Waals surface area (Å²) in [6.45, 7) is 0. The van der Waals surface area contributed by atoms with Crippen LogP contribution in [0.5, 0.6) is 0 Å². The van der Waals surface area contributed by atoms with Crippen LogP contribution in [0.25, 0.3) is 0 Å². The van der Waals surface area contributed by atoms with E-state index in [4.69, 9.17) is 0 Å². The summed E-state index contributed by atoms with van der Waals surface area (Å²) in [6, 6.07) is 17.4. The molecule has 1 saturated carbocycles. The molecule has 0 saturated heterocycles. The van der Waals surface area contributed by atoms with Gasteiger partial charge in [0.1, 0.15) is 11.6 Å². The number of hydrogen-bond donors (Lipinski definition) is 0. The molecule has 2 atom stereocenters. The second kappa shape index (κ2) is 6.40. The summed E-state index contributed by atoms with van der Waals surface area (Å²) in [5.74, 6) is 2.40. The van der Waals surface area contributed by atoms with Crippen LogP contribution >= 0.6 is 11.8 Å². The van der Waals surface area contributed by atoms with Crippen molar-refractivity contribution in [2.45, 2.75) is 29.2 Å². The summed E-state index contributed by atoms with van der Waals surface area (Å²) in [5, 5.41) is 9.53. The monoisotopic (exact) mass is 339 g/mol. The Morgan fingerprint density at radius 3 is 2.58 bits per heavy atom. The van der Waals surface area contributed by atoms with Crippen molar-refractivity contribution in [2.24, 2.45) is 7.05 Å². The topological polar surface area (TPSA) is 30.7 Å². The normalized spacial score (nSPS) is 19.4. The van der Waals surface area contributed by atoms with E-state index in [0.717, 1.165) is 17.4 Å². The van der Waals surface area contributed by atoms with E-state index in [1.54, 1.807) is 6.07 Å². The molecule has 24 heavy (non-hydrogen) atoms. The molecule has 1 aliphatic rings. The first-order valence-electron chi connectivity index (χ1n) is 8.04. The van der Waals surface area contributed by atoms with Crippen LogP contribution in [0.15, 0.2) is 59.8 Å². The maximum absolute atomic E-state index is 13.7. The first-order chi connectivity index (χ1) is 11.7. The van der Waals surface area contributed by atoms with Crippen molar-refractivity contribution in [3.8, 4) is 0 Å². The summed E-state index contributed by atoms with van der Waals surface area (Å²) in [7, 11) is 2.00. The number of aromatic nitrogens is 3. The van der Waals surface area contributed by atoms with E-state index in [2.05, 4.69) is 39.0 Å². The molecule has 5 heteroatoms. The van der Waals surface area contributed by atoms with Crippen LogP contribution in [0.1, 0.15) is 35.2 Å². The lowest BCUT2D eigenvalue weighted by atomic mass is 10.1. The first-order valence-corrected chi connectivity index (χ1v) is 9.03. The van der Waals surface area contributed by atoms with Gasteiger partial charge in [0.25, 0.3) is 0 Å². The Morgan fingerprint density at radius 2 is 1.79 bits per heavy atom. The quantitative estimate of drug-likeness (QED) is 0.641. The second-order valence-corrected chi connectivity index (χ2v) is 7.08. The lowest BCUT2D eigenvalue weighted by Gasteiger charge is -2.05. The first kappa shape index (κ1) is 15.4. The minimum atomic E-state index is -0.168. The molecule has 1 fully saturated rings. The zero-order valence-corrected chi connectivity index (χ0v) is 14.2. The number of benzene rings is 2. The smallest absolute Gasteiger partial charge is 0.191 e. The number of hydrogen-bond acceptors (Lipinski definition) is 3. The Balaban J connectivity index is 1.46. The van der Waals surface area contributed by atoms with Gasteiger partial charge in [0.15, 0.2) is 5.16 Å². The highest BCUT2D eigenvalue weighted by atomic mass is 32.2. The Labute approximate surface area is 144 Å². The number of rotatable bonds is 5. The third-order valence-corrected chi connectivity index (χ3v) is 5.60. The molecule has 0 radical (unpaired) electrons. The van der Waals surface area contributed by atoms with Gasteiger partial charge in [-0.2, -0.15) is 0 Å². The average Bonchev–Trinajstić information content (AvgIpc) is 3.32. The van der Waals surface area contributed by atoms with Crippen molar-refractivity contribution in [1.29, 1.82) is 0 Å². The summed E-state index contributed by atoms with van der Waals surface area (Å²) < 4.78 is 15.8. The van der Waals surface area contributed by atoms with E-state index in [0.29, 0.717) is 23.2 Å². The number of halogens is 1. The molecule has 1 aromatic heterocycles. The van der Waals surface area contributed by atoms with E-state index >= 15 is 0 Å². The Bertz CT molecular complexity index is 847. The van der Waals surface area contributed by atoms with E-state index < -0.39 is 0 Å². The van der Waals surface area contributed by atoms with Gasteiger partial charge in [-0.05, 0) is 29.5 Å². The molecule has 3 nitrogen and oxygen atoms in total. The van der Waals surface area contributed by atoms with Crippen molar-refractivity contribution in [1.82, 2.24) is 14.8 Å². The molecule has 0 bridgehead atoms. The fraction of sp³-hybridized carbons (Fsp3) is 0.263. The maximum atomic E-state index is 13.7. The zero-order chi connectivity index (χ0) is 16.5. The van der Waals surface area contributed by atoms with Crippen LogP contribution in [0, 0.1) is 5.82 Å². The molecule has 122 valence electrons. The van der Waals surface area contributed by atoms with Gasteiger partial charge < -0.3 is 4.57 Å². The Kier molecular flexibility index (Phi) is 4.10. The van der Waals surface area contributed by atoms with Crippen molar-refractivity contribution in [3.05, 3.63) is 77.4 Å². The van der Waals surface area contributed by atoms with Gasteiger partial charge in [-0.15, -0.1) is 10.2 Å². The highest BCUT2D eigenvalue weighted by molar-refractivity contribution is 7.98. The minimum absolute atomic E-state index is 0.168. The average molecular weight is 339 g/mol. The largest absolute Gasteiger partial charge is 0.309 e. The van der Waals surface area contributed by atoms with Gasteiger partial charge in [-0.1, -0.05) is 60.3 Å². The van der Waals surface area contributed by atoms with Crippen LogP contribution < -0.4 is 0 Å². The molecule has 0 amide bonds. The lowest BCUT2D eigenvalue weighted by Crippen LogP contribution is -1.99. The standard InChI is InChI=1S/C19H18FN3S/c1-23-18(16-11-15(16)13-7-3-2-4-8-13)21-22-19(23)24-12-14-9-5-6-10-17(14)20/h2-10,15-16H,11-12H2,1H3. The van der Waals surface area contributed by atoms with E-state index in [1.165, 1.54) is 23.4 Å². The Hall–Kier alpha value is -2.14. The van der Waals surface area contributed by atoms with Gasteiger partial charge in [-0.25, -0.2) is 4.39 Å². The van der Waals surface area contributed by atoms with Crippen LogP contribution in [-0.4, -0.2) is 14.8 Å². The fourth-order valence-electron chi connectivity index (χ4n) is 3.08. The highest BCUT2D eigenvalue weighted by Crippen LogP contribution is 2.54. The molecule has 0 N–H and O–H groups in total. The zero-order valence-electron chi connectivity index (χ0n) is 13.4. The van der Waals surface area contributed by atoms with Crippen molar-refractivity contribution >= 4 is 11.8 Å². The number of nitrogens with zero attached hydrogens (tertiary/aromatic N) is 3. The predicted octanol–water partition coefficient (Wildman–Crippen LogP) is 4.52. The van der Waals surface area contributed by atoms with Crippen LogP contribution in [0.2, 0.25) is 0 Å². The minimum Gasteiger partial charge on any atom is -0.309 e. The molecule has 3 aromatic rings. The van der Waals surface area contributed by atoms with E-state index in [1.807, 2.05) is 25.2 Å². The van der Waals surface area contributed by atoms with Gasteiger partial charge >= 0.3 is 0 Å². The van der Waals surface area contributed by atoms with Crippen molar-refractivity contribution < 1.29 is 4.39 Å². The van der Waals surface area contributed by atoms with Gasteiger partial charge in [0.2, 0.25) is 0 Å². The number of thioether (sulfide) groups is 1. The SMILES string of the molecule is Cn1c(SCc2ccccc2F)nnc1C1CC1c1ccccc1. The summed E-state index contributed by atoms with van der Waals surface area (Å²) in [5.41, 5.74) is 2.06. The lowest BCUT2D eigenvalue weighted by molar-refractivity contribution is 0.617. The maximum Gasteiger partial charge on any atom is 0.191 e. The third-order valence-electron chi connectivity index (χ3n) is 4.53. The van der Waals surface area contributed by atoms with Crippen LogP contribution in [0.3, 0.4) is 0 Å². The van der Waals surface area contributed by atoms with Crippen molar-refractivity contribution in [2.75, 3.05) is 0 Å². The van der Waals surface area contributed by atoms with Crippen molar-refractivity contribution in [3.63, 3.8) is 0 Å². The molecule has 0 aliphatic heterocycles. The van der Waals surface area contributed by atoms with Crippen LogP contribution in [-0.2, 0) is 12.8 Å². The summed E-state index contributed by atoms with van der Waals surface area (Å²) in [4.78, 5) is 0. The highest BCUT2D eigenvalue weighted by Gasteiger charge is 2.42.